The Balaban J connectivity index is 2.21. The van der Waals surface area contributed by atoms with Crippen molar-refractivity contribution >= 4 is 37.8 Å². The lowest BCUT2D eigenvalue weighted by Crippen LogP contribution is -1.87. The molecule has 1 aromatic carbocycles. The summed E-state index contributed by atoms with van der Waals surface area (Å²) in [6.07, 6.45) is 6.59. The van der Waals surface area contributed by atoms with E-state index in [0.29, 0.717) is 0 Å². The van der Waals surface area contributed by atoms with Crippen molar-refractivity contribution in [2.75, 3.05) is 0 Å². The number of thiophene rings is 1. The first-order chi connectivity index (χ1) is 7.93. The van der Waals surface area contributed by atoms with Gasteiger partial charge in [-0.15, -0.1) is 11.3 Å². The molecule has 2 heterocycles. The molecule has 0 atom stereocenters. The lowest BCUT2D eigenvalue weighted by Gasteiger charge is -2.01. The second-order valence-electron chi connectivity index (χ2n) is 4.14. The molecule has 1 nitrogen and oxygen atoms in total. The smallest absolute Gasteiger partial charge is 0.153 e. The fourth-order valence-corrected chi connectivity index (χ4v) is 3.55. The minimum atomic E-state index is 1.04. The first kappa shape index (κ1) is 8.59. The van der Waals surface area contributed by atoms with Crippen molar-refractivity contribution in [1.82, 2.24) is 0 Å². The molecule has 0 aliphatic heterocycles. The van der Waals surface area contributed by atoms with Gasteiger partial charge in [0.25, 0.3) is 0 Å². The number of allylic oxidation sites excluding steroid dienone is 1. The minimum Gasteiger partial charge on any atom is -0.459 e. The fraction of sp³-hybridized carbons (Fsp3) is 0.143. The Hall–Kier alpha value is -1.54. The maximum Gasteiger partial charge on any atom is 0.153 e. The van der Waals surface area contributed by atoms with Crippen molar-refractivity contribution < 1.29 is 4.42 Å². The number of rotatable bonds is 0. The molecular formula is C14H10OS. The molecule has 0 saturated heterocycles. The Morgan fingerprint density at radius 2 is 2.12 bits per heavy atom. The largest absolute Gasteiger partial charge is 0.459 e. The maximum atomic E-state index is 6.00. The summed E-state index contributed by atoms with van der Waals surface area (Å²) < 4.78 is 8.63. The van der Waals surface area contributed by atoms with Crippen LogP contribution in [0, 0.1) is 0 Å². The third-order valence-corrected chi connectivity index (χ3v) is 4.33. The molecular weight excluding hydrogens is 216 g/mol. The zero-order chi connectivity index (χ0) is 10.5. The van der Waals surface area contributed by atoms with Gasteiger partial charge >= 0.3 is 0 Å². The van der Waals surface area contributed by atoms with E-state index in [2.05, 4.69) is 36.4 Å². The third kappa shape index (κ3) is 1.000. The second kappa shape index (κ2) is 2.98. The lowest BCUT2D eigenvalue weighted by atomic mass is 10.1. The molecule has 0 spiro atoms. The molecule has 1 aliphatic carbocycles. The molecule has 1 aliphatic rings. The van der Waals surface area contributed by atoms with Gasteiger partial charge in [-0.05, 0) is 18.6 Å². The monoisotopic (exact) mass is 226 g/mol. The quantitative estimate of drug-likeness (QED) is 0.545. The van der Waals surface area contributed by atoms with Crippen LogP contribution >= 0.6 is 11.3 Å². The zero-order valence-electron chi connectivity index (χ0n) is 8.69. The van der Waals surface area contributed by atoms with Crippen molar-refractivity contribution in [3.63, 3.8) is 0 Å². The minimum absolute atomic E-state index is 1.04. The predicted molar refractivity (Wildman–Crippen MR) is 69.0 cm³/mol. The van der Waals surface area contributed by atoms with Crippen LogP contribution < -0.4 is 0 Å². The third-order valence-electron chi connectivity index (χ3n) is 3.14. The molecule has 0 N–H and O–H groups in total. The van der Waals surface area contributed by atoms with E-state index >= 15 is 0 Å². The molecule has 2 aromatic heterocycles. The van der Waals surface area contributed by atoms with Gasteiger partial charge in [-0.25, -0.2) is 0 Å². The van der Waals surface area contributed by atoms with E-state index in [9.17, 15) is 0 Å². The number of hydrogen-bond donors (Lipinski definition) is 0. The Morgan fingerprint density at radius 3 is 3.12 bits per heavy atom. The van der Waals surface area contributed by atoms with E-state index < -0.39 is 0 Å². The molecule has 0 bridgehead atoms. The average Bonchev–Trinajstić information content (AvgIpc) is 2.85. The summed E-state index contributed by atoms with van der Waals surface area (Å²) >= 11 is 1.84. The van der Waals surface area contributed by atoms with Crippen molar-refractivity contribution in [2.24, 2.45) is 0 Å². The van der Waals surface area contributed by atoms with E-state index in [1.807, 2.05) is 11.3 Å². The van der Waals surface area contributed by atoms with Crippen molar-refractivity contribution in [1.29, 1.82) is 0 Å². The van der Waals surface area contributed by atoms with E-state index in [1.54, 1.807) is 0 Å². The van der Waals surface area contributed by atoms with Crippen LogP contribution in [0.4, 0.5) is 0 Å². The standard InChI is InChI=1S/C14H10OS/c1-3-7-11-9(5-1)14-13(15-11)10-6-2-4-8-12(10)16-14/h1-2,4-6,8H,3,7H2. The molecule has 3 aromatic rings. The van der Waals surface area contributed by atoms with E-state index in [0.717, 1.165) is 24.2 Å². The highest BCUT2D eigenvalue weighted by Gasteiger charge is 2.18. The van der Waals surface area contributed by atoms with Gasteiger partial charge in [0.1, 0.15) is 5.76 Å². The first-order valence-electron chi connectivity index (χ1n) is 5.53. The van der Waals surface area contributed by atoms with Gasteiger partial charge in [-0.3, -0.25) is 0 Å². The predicted octanol–water partition coefficient (Wildman–Crippen LogP) is 4.61. The molecule has 0 saturated carbocycles. The fourth-order valence-electron chi connectivity index (χ4n) is 2.38. The van der Waals surface area contributed by atoms with Crippen LogP contribution in [-0.2, 0) is 6.42 Å². The van der Waals surface area contributed by atoms with Gasteiger partial charge in [-0.1, -0.05) is 24.3 Å². The number of benzene rings is 1. The summed E-state index contributed by atoms with van der Waals surface area (Å²) in [6, 6.07) is 8.47. The highest BCUT2D eigenvalue weighted by Crippen LogP contribution is 2.41. The molecule has 0 radical (unpaired) electrons. The topological polar surface area (TPSA) is 13.1 Å². The van der Waals surface area contributed by atoms with Crippen LogP contribution in [-0.4, -0.2) is 0 Å². The molecule has 0 unspecified atom stereocenters. The highest BCUT2D eigenvalue weighted by molar-refractivity contribution is 7.26. The summed E-state index contributed by atoms with van der Waals surface area (Å²) in [6.45, 7) is 0. The Labute approximate surface area is 97.0 Å². The van der Waals surface area contributed by atoms with Crippen LogP contribution in [0.1, 0.15) is 17.7 Å². The second-order valence-corrected chi connectivity index (χ2v) is 5.19. The maximum absolute atomic E-state index is 6.00. The molecule has 78 valence electrons. The summed E-state index contributed by atoms with van der Waals surface area (Å²) in [5.74, 6) is 1.16. The summed E-state index contributed by atoms with van der Waals surface area (Å²) in [7, 11) is 0. The van der Waals surface area contributed by atoms with Crippen LogP contribution in [0.15, 0.2) is 34.8 Å². The van der Waals surface area contributed by atoms with E-state index in [-0.39, 0.29) is 0 Å². The van der Waals surface area contributed by atoms with Crippen molar-refractivity contribution in [2.45, 2.75) is 12.8 Å². The SMILES string of the molecule is C1=Cc2c(oc3c2sc2ccccc23)CC1. The molecule has 16 heavy (non-hydrogen) atoms. The first-order valence-corrected chi connectivity index (χ1v) is 6.34. The highest BCUT2D eigenvalue weighted by atomic mass is 32.1. The Bertz CT molecular complexity index is 715. The van der Waals surface area contributed by atoms with Crippen LogP contribution in [0.5, 0.6) is 0 Å². The van der Waals surface area contributed by atoms with Gasteiger partial charge < -0.3 is 4.42 Å². The molecule has 0 amide bonds. The van der Waals surface area contributed by atoms with Gasteiger partial charge in [0.05, 0.1) is 4.70 Å². The van der Waals surface area contributed by atoms with Gasteiger partial charge in [0.15, 0.2) is 5.58 Å². The van der Waals surface area contributed by atoms with Crippen LogP contribution in [0.3, 0.4) is 0 Å². The Morgan fingerprint density at radius 1 is 1.19 bits per heavy atom. The van der Waals surface area contributed by atoms with Crippen molar-refractivity contribution in [3.8, 4) is 0 Å². The Kier molecular flexibility index (Phi) is 1.60. The summed E-state index contributed by atoms with van der Waals surface area (Å²) in [5, 5.41) is 1.25. The summed E-state index contributed by atoms with van der Waals surface area (Å²) in [4.78, 5) is 0. The number of aryl methyl sites for hydroxylation is 1. The van der Waals surface area contributed by atoms with Gasteiger partial charge in [-0.2, -0.15) is 0 Å². The number of furan rings is 1. The average molecular weight is 226 g/mol. The van der Waals surface area contributed by atoms with Gasteiger partial charge in [0.2, 0.25) is 0 Å². The molecule has 4 rings (SSSR count). The van der Waals surface area contributed by atoms with Crippen LogP contribution in [0.2, 0.25) is 0 Å². The van der Waals surface area contributed by atoms with E-state index in [1.165, 1.54) is 20.3 Å². The number of fused-ring (bicyclic) bond motifs is 5. The lowest BCUT2D eigenvalue weighted by molar-refractivity contribution is 0.549. The van der Waals surface area contributed by atoms with Crippen molar-refractivity contribution in [3.05, 3.63) is 41.7 Å². The molecule has 0 fully saturated rings. The van der Waals surface area contributed by atoms with Crippen LogP contribution in [0.25, 0.3) is 26.4 Å². The number of hydrogen-bond acceptors (Lipinski definition) is 2. The van der Waals surface area contributed by atoms with E-state index in [4.69, 9.17) is 4.42 Å². The normalized spacial score (nSPS) is 14.8. The van der Waals surface area contributed by atoms with Gasteiger partial charge in [0, 0.05) is 22.1 Å². The summed E-state index contributed by atoms with van der Waals surface area (Å²) in [5.41, 5.74) is 2.39. The molecule has 2 heteroatoms. The zero-order valence-corrected chi connectivity index (χ0v) is 9.51.